The van der Waals surface area contributed by atoms with Gasteiger partial charge in [-0.25, -0.2) is 9.37 Å². The largest absolute Gasteiger partial charge is 0.338 e. The second-order valence-corrected chi connectivity index (χ2v) is 8.06. The predicted molar refractivity (Wildman–Crippen MR) is 110 cm³/mol. The van der Waals surface area contributed by atoms with E-state index in [1.807, 2.05) is 24.3 Å². The van der Waals surface area contributed by atoms with E-state index in [0.717, 1.165) is 53.1 Å². The molecular formula is C22H18FN3OS. The molecule has 0 spiro atoms. The lowest BCUT2D eigenvalue weighted by atomic mass is 9.95. The average Bonchev–Trinajstić information content (AvgIpc) is 3.28. The van der Waals surface area contributed by atoms with Crippen molar-refractivity contribution in [3.63, 3.8) is 0 Å². The van der Waals surface area contributed by atoms with E-state index >= 15 is 0 Å². The first-order valence-corrected chi connectivity index (χ1v) is 10.2. The fraction of sp³-hybridized carbons (Fsp3) is 0.182. The Morgan fingerprint density at radius 2 is 1.86 bits per heavy atom. The second-order valence-electron chi connectivity index (χ2n) is 6.95. The van der Waals surface area contributed by atoms with E-state index < -0.39 is 11.7 Å². The molecule has 0 atom stereocenters. The van der Waals surface area contributed by atoms with Crippen LogP contribution in [0.15, 0.2) is 48.5 Å². The van der Waals surface area contributed by atoms with Gasteiger partial charge in [-0.15, -0.1) is 11.3 Å². The Morgan fingerprint density at radius 1 is 1.07 bits per heavy atom. The van der Waals surface area contributed by atoms with Crippen molar-refractivity contribution in [2.45, 2.75) is 25.7 Å². The SMILES string of the molecule is O=C(Nc1sc2c(c1-c1nc3ccccc3[nH]1)CCCC2)c1ccccc1F. The monoisotopic (exact) mass is 391 g/mol. The molecule has 140 valence electrons. The van der Waals surface area contributed by atoms with Crippen LogP contribution >= 0.6 is 11.3 Å². The van der Waals surface area contributed by atoms with Crippen LogP contribution in [0.25, 0.3) is 22.4 Å². The van der Waals surface area contributed by atoms with Crippen LogP contribution in [0.4, 0.5) is 9.39 Å². The van der Waals surface area contributed by atoms with Crippen molar-refractivity contribution >= 4 is 33.3 Å². The summed E-state index contributed by atoms with van der Waals surface area (Å²) in [5.74, 6) is -0.204. The van der Waals surface area contributed by atoms with Crippen LogP contribution in [0.2, 0.25) is 0 Å². The number of para-hydroxylation sites is 2. The van der Waals surface area contributed by atoms with Gasteiger partial charge < -0.3 is 10.3 Å². The number of hydrogen-bond acceptors (Lipinski definition) is 3. The van der Waals surface area contributed by atoms with Crippen molar-refractivity contribution in [2.75, 3.05) is 5.32 Å². The maximum absolute atomic E-state index is 14.1. The molecule has 1 amide bonds. The van der Waals surface area contributed by atoms with Crippen molar-refractivity contribution in [3.05, 3.63) is 70.4 Å². The lowest BCUT2D eigenvalue weighted by Gasteiger charge is -2.12. The smallest absolute Gasteiger partial charge is 0.259 e. The summed E-state index contributed by atoms with van der Waals surface area (Å²) < 4.78 is 14.1. The first kappa shape index (κ1) is 17.1. The molecule has 0 bridgehead atoms. The van der Waals surface area contributed by atoms with E-state index in [-0.39, 0.29) is 5.56 Å². The second kappa shape index (κ2) is 6.87. The Morgan fingerprint density at radius 3 is 2.71 bits per heavy atom. The minimum absolute atomic E-state index is 0.0458. The number of halogens is 1. The molecule has 1 aliphatic rings. The maximum Gasteiger partial charge on any atom is 0.259 e. The van der Waals surface area contributed by atoms with Gasteiger partial charge in [-0.1, -0.05) is 24.3 Å². The van der Waals surface area contributed by atoms with Gasteiger partial charge >= 0.3 is 0 Å². The Hall–Kier alpha value is -2.99. The molecule has 1 aliphatic carbocycles. The van der Waals surface area contributed by atoms with Crippen molar-refractivity contribution in [1.29, 1.82) is 0 Å². The Kier molecular flexibility index (Phi) is 4.20. The van der Waals surface area contributed by atoms with E-state index in [2.05, 4.69) is 10.3 Å². The quantitative estimate of drug-likeness (QED) is 0.480. The van der Waals surface area contributed by atoms with Crippen LogP contribution in [-0.2, 0) is 12.8 Å². The van der Waals surface area contributed by atoms with Gasteiger partial charge in [0.1, 0.15) is 16.6 Å². The zero-order valence-electron chi connectivity index (χ0n) is 15.1. The third-order valence-corrected chi connectivity index (χ3v) is 6.35. The standard InChI is InChI=1S/C22H18FN3OS/c23-15-9-3-1-7-13(15)21(27)26-22-19(14-8-2-6-12-18(14)28-22)20-24-16-10-4-5-11-17(16)25-20/h1,3-5,7,9-11H,2,6,8,12H2,(H,24,25)(H,26,27). The third-order valence-electron chi connectivity index (χ3n) is 5.14. The number of H-pyrrole nitrogens is 1. The number of aryl methyl sites for hydroxylation is 1. The Bertz CT molecular complexity index is 1160. The molecule has 0 aliphatic heterocycles. The number of nitrogens with zero attached hydrogens (tertiary/aromatic N) is 1. The summed E-state index contributed by atoms with van der Waals surface area (Å²) in [5.41, 5.74) is 4.09. The number of aromatic nitrogens is 2. The van der Waals surface area contributed by atoms with Crippen LogP contribution < -0.4 is 5.32 Å². The number of amides is 1. The molecule has 4 aromatic rings. The topological polar surface area (TPSA) is 57.8 Å². The molecule has 6 heteroatoms. The highest BCUT2D eigenvalue weighted by molar-refractivity contribution is 7.17. The molecule has 2 heterocycles. The van der Waals surface area contributed by atoms with Crippen LogP contribution in [0.3, 0.4) is 0 Å². The van der Waals surface area contributed by atoms with Gasteiger partial charge in [0.05, 0.1) is 22.2 Å². The van der Waals surface area contributed by atoms with E-state index in [1.54, 1.807) is 23.5 Å². The van der Waals surface area contributed by atoms with Crippen molar-refractivity contribution in [3.8, 4) is 11.4 Å². The third kappa shape index (κ3) is 2.90. The molecule has 5 rings (SSSR count). The highest BCUT2D eigenvalue weighted by Gasteiger charge is 2.25. The fourth-order valence-corrected chi connectivity index (χ4v) is 5.08. The van der Waals surface area contributed by atoms with E-state index in [9.17, 15) is 9.18 Å². The number of carbonyl (C=O) groups is 1. The van der Waals surface area contributed by atoms with Crippen LogP contribution in [-0.4, -0.2) is 15.9 Å². The molecule has 0 saturated carbocycles. The number of imidazole rings is 1. The van der Waals surface area contributed by atoms with Crippen LogP contribution in [0.1, 0.15) is 33.6 Å². The number of thiophene rings is 1. The minimum Gasteiger partial charge on any atom is -0.338 e. The molecule has 0 radical (unpaired) electrons. The summed E-state index contributed by atoms with van der Waals surface area (Å²) in [6.45, 7) is 0. The number of hydrogen-bond donors (Lipinski definition) is 2. The maximum atomic E-state index is 14.1. The van der Waals surface area contributed by atoms with Crippen LogP contribution in [0.5, 0.6) is 0 Å². The summed E-state index contributed by atoms with van der Waals surface area (Å²) in [7, 11) is 0. The predicted octanol–water partition coefficient (Wildman–Crippen LogP) is 5.56. The van der Waals surface area contributed by atoms with E-state index in [4.69, 9.17) is 4.98 Å². The molecular weight excluding hydrogens is 373 g/mol. The van der Waals surface area contributed by atoms with Gasteiger partial charge in [0.25, 0.3) is 5.91 Å². The number of aromatic amines is 1. The highest BCUT2D eigenvalue weighted by Crippen LogP contribution is 2.43. The number of carbonyl (C=O) groups excluding carboxylic acids is 1. The summed E-state index contributed by atoms with van der Waals surface area (Å²) in [6, 6.07) is 13.9. The van der Waals surface area contributed by atoms with E-state index in [0.29, 0.717) is 0 Å². The van der Waals surface area contributed by atoms with Crippen molar-refractivity contribution in [2.24, 2.45) is 0 Å². The number of fused-ring (bicyclic) bond motifs is 2. The van der Waals surface area contributed by atoms with Gasteiger partial charge in [0.2, 0.25) is 0 Å². The molecule has 2 N–H and O–H groups in total. The first-order chi connectivity index (χ1) is 13.7. The first-order valence-electron chi connectivity index (χ1n) is 9.36. The van der Waals surface area contributed by atoms with Gasteiger partial charge in [0, 0.05) is 4.88 Å². The normalized spacial score (nSPS) is 13.5. The summed E-state index contributed by atoms with van der Waals surface area (Å²) >= 11 is 1.58. The lowest BCUT2D eigenvalue weighted by molar-refractivity contribution is 0.102. The number of anilines is 1. The zero-order valence-corrected chi connectivity index (χ0v) is 15.9. The molecule has 28 heavy (non-hydrogen) atoms. The fourth-order valence-electron chi connectivity index (χ4n) is 3.79. The molecule has 0 saturated heterocycles. The Labute approximate surface area is 165 Å². The molecule has 4 nitrogen and oxygen atoms in total. The molecule has 2 aromatic heterocycles. The van der Waals surface area contributed by atoms with Crippen molar-refractivity contribution < 1.29 is 9.18 Å². The van der Waals surface area contributed by atoms with Gasteiger partial charge in [-0.05, 0) is 55.5 Å². The van der Waals surface area contributed by atoms with Gasteiger partial charge in [-0.3, -0.25) is 4.79 Å². The number of benzene rings is 2. The average molecular weight is 391 g/mol. The van der Waals surface area contributed by atoms with Crippen LogP contribution in [0, 0.1) is 5.82 Å². The van der Waals surface area contributed by atoms with Gasteiger partial charge in [0.15, 0.2) is 0 Å². The van der Waals surface area contributed by atoms with E-state index in [1.165, 1.54) is 22.6 Å². The van der Waals surface area contributed by atoms with Crippen molar-refractivity contribution in [1.82, 2.24) is 9.97 Å². The minimum atomic E-state index is -0.522. The van der Waals surface area contributed by atoms with Gasteiger partial charge in [-0.2, -0.15) is 0 Å². The summed E-state index contributed by atoms with van der Waals surface area (Å²) in [5, 5.41) is 3.68. The molecule has 2 aromatic carbocycles. The Balaban J connectivity index is 1.61. The summed E-state index contributed by atoms with van der Waals surface area (Å²) in [4.78, 5) is 22.1. The molecule has 0 unspecified atom stereocenters. The highest BCUT2D eigenvalue weighted by atomic mass is 32.1. The zero-order chi connectivity index (χ0) is 19.1. The lowest BCUT2D eigenvalue weighted by Crippen LogP contribution is -2.13. The molecule has 0 fully saturated rings. The summed E-state index contributed by atoms with van der Waals surface area (Å²) in [6.07, 6.45) is 4.24. The number of nitrogens with one attached hydrogen (secondary N) is 2. The number of rotatable bonds is 3.